The molecule has 4 aliphatic rings. The van der Waals surface area contributed by atoms with Crippen molar-refractivity contribution < 1.29 is 0 Å². The predicted molar refractivity (Wildman–Crippen MR) is 273 cm³/mol. The molecule has 62 heavy (non-hydrogen) atoms. The molecule has 0 bridgehead atoms. The van der Waals surface area contributed by atoms with Crippen molar-refractivity contribution in [2.45, 2.75) is 169 Å². The van der Waals surface area contributed by atoms with Crippen LogP contribution in [0.3, 0.4) is 0 Å². The third-order valence-corrected chi connectivity index (χ3v) is 17.3. The fraction of sp³-hybridized carbons (Fsp3) is 0.448. The van der Waals surface area contributed by atoms with Gasteiger partial charge in [0.15, 0.2) is 0 Å². The molecule has 0 saturated heterocycles. The van der Waals surface area contributed by atoms with Gasteiger partial charge in [-0.15, -0.1) is 11.3 Å². The number of fused-ring (bicyclic) bond motifs is 8. The van der Waals surface area contributed by atoms with Gasteiger partial charge in [0, 0.05) is 43.3 Å². The van der Waals surface area contributed by atoms with Crippen molar-refractivity contribution in [2.24, 2.45) is 0 Å². The Hall–Kier alpha value is -4.28. The van der Waals surface area contributed by atoms with E-state index < -0.39 is 0 Å². The number of nitrogens with zero attached hydrogens (tertiary/aromatic N) is 2. The van der Waals surface area contributed by atoms with Gasteiger partial charge in [0.05, 0.1) is 5.69 Å². The Morgan fingerprint density at radius 1 is 0.516 bits per heavy atom. The van der Waals surface area contributed by atoms with Gasteiger partial charge >= 0.3 is 0 Å². The lowest BCUT2D eigenvalue weighted by molar-refractivity contribution is 0.331. The van der Waals surface area contributed by atoms with Crippen LogP contribution >= 0.6 is 11.3 Å². The number of rotatable bonds is 2. The van der Waals surface area contributed by atoms with E-state index in [9.17, 15) is 0 Å². The van der Waals surface area contributed by atoms with E-state index in [2.05, 4.69) is 199 Å². The van der Waals surface area contributed by atoms with Crippen LogP contribution < -0.4 is 25.5 Å². The maximum Gasteiger partial charge on any atom is 0.264 e. The molecule has 2 aliphatic heterocycles. The third-order valence-electron chi connectivity index (χ3n) is 16.0. The molecule has 320 valence electrons. The molecular formula is C58H69BN2S. The number of hydrogen-bond donors (Lipinski definition) is 0. The van der Waals surface area contributed by atoms with E-state index in [1.54, 1.807) is 0 Å². The number of aryl methyl sites for hydroxylation is 2. The Bertz CT molecular complexity index is 2850. The summed E-state index contributed by atoms with van der Waals surface area (Å²) in [7, 11) is 0. The molecule has 3 heterocycles. The Morgan fingerprint density at radius 3 is 1.55 bits per heavy atom. The summed E-state index contributed by atoms with van der Waals surface area (Å²) in [6.45, 7) is 38.7. The van der Waals surface area contributed by atoms with Gasteiger partial charge in [0.1, 0.15) is 0 Å². The van der Waals surface area contributed by atoms with Crippen LogP contribution in [0.4, 0.5) is 34.1 Å². The van der Waals surface area contributed by atoms with E-state index in [4.69, 9.17) is 0 Å². The highest BCUT2D eigenvalue weighted by Crippen LogP contribution is 2.54. The summed E-state index contributed by atoms with van der Waals surface area (Å²) >= 11 is 2.03. The van der Waals surface area contributed by atoms with Crippen molar-refractivity contribution in [3.63, 3.8) is 0 Å². The minimum Gasteiger partial charge on any atom is -0.311 e. The SMILES string of the molecule is Cc1cc2c3c(c1)N(c1ccc(C(C)(C)C)cc1)c1c(sc4ccc(C(C)(C)C)cc14)B3c1cc3c(cc1N2c1cc2c(cc1C)C(C)(C)CCC2(C)C)C(C)(C)CCC3(C)C. The van der Waals surface area contributed by atoms with Crippen LogP contribution in [-0.2, 0) is 32.5 Å². The molecular weight excluding hydrogens is 768 g/mol. The van der Waals surface area contributed by atoms with Crippen LogP contribution in [0.25, 0.3) is 10.1 Å². The monoisotopic (exact) mass is 837 g/mol. The number of thiophene rings is 1. The molecule has 2 nitrogen and oxygen atoms in total. The maximum atomic E-state index is 2.74. The fourth-order valence-electron chi connectivity index (χ4n) is 11.7. The van der Waals surface area contributed by atoms with Gasteiger partial charge in [0.25, 0.3) is 6.71 Å². The molecule has 0 radical (unpaired) electrons. The van der Waals surface area contributed by atoms with E-state index in [-0.39, 0.29) is 39.2 Å². The standard InChI is InChI=1S/C58H69BN2S/c1-34-27-47-50-48(28-34)61(45-32-42-40(29-35(45)2)55(9,10)23-25-57(42,13)14)46-33-43-41(56(11,12)24-26-58(43,15)16)31-44(46)59(50)52-51(39-30-37(54(6,7)8)19-22-49(39)62-52)60(47)38-20-17-36(18-21-38)53(3,4)5/h17-22,27-33H,23-26H2,1-16H3. The minimum absolute atomic E-state index is 0.0322. The zero-order valence-corrected chi connectivity index (χ0v) is 41.5. The quantitative estimate of drug-likeness (QED) is 0.160. The van der Waals surface area contributed by atoms with Crippen LogP contribution in [0, 0.1) is 13.8 Å². The van der Waals surface area contributed by atoms with Gasteiger partial charge in [0.2, 0.25) is 0 Å². The molecule has 1 aromatic heterocycles. The van der Waals surface area contributed by atoms with E-state index in [0.29, 0.717) is 0 Å². The molecule has 5 aromatic carbocycles. The highest BCUT2D eigenvalue weighted by atomic mass is 32.1. The normalized spacial score (nSPS) is 19.1. The summed E-state index contributed by atoms with van der Waals surface area (Å²) in [6, 6.07) is 32.5. The molecule has 10 rings (SSSR count). The van der Waals surface area contributed by atoms with Crippen LogP contribution in [0.5, 0.6) is 0 Å². The molecule has 0 amide bonds. The van der Waals surface area contributed by atoms with E-state index in [1.165, 1.54) is 130 Å². The van der Waals surface area contributed by atoms with Crippen LogP contribution in [0.15, 0.2) is 78.9 Å². The lowest BCUT2D eigenvalue weighted by atomic mass is 9.35. The first-order valence-corrected chi connectivity index (χ1v) is 24.4. The van der Waals surface area contributed by atoms with Crippen molar-refractivity contribution in [3.05, 3.63) is 123 Å². The molecule has 0 atom stereocenters. The number of hydrogen-bond acceptors (Lipinski definition) is 3. The van der Waals surface area contributed by atoms with Crippen LogP contribution in [-0.4, -0.2) is 6.71 Å². The second kappa shape index (κ2) is 13.2. The first-order valence-electron chi connectivity index (χ1n) is 23.6. The van der Waals surface area contributed by atoms with Crippen molar-refractivity contribution in [1.82, 2.24) is 0 Å². The lowest BCUT2D eigenvalue weighted by Gasteiger charge is -2.48. The summed E-state index contributed by atoms with van der Waals surface area (Å²) in [6.07, 6.45) is 4.79. The minimum atomic E-state index is 0.0322. The molecule has 0 N–H and O–H groups in total. The highest BCUT2D eigenvalue weighted by molar-refractivity contribution is 7.33. The molecule has 6 aromatic rings. The molecule has 0 saturated carbocycles. The van der Waals surface area contributed by atoms with Crippen LogP contribution in [0.2, 0.25) is 0 Å². The van der Waals surface area contributed by atoms with E-state index >= 15 is 0 Å². The van der Waals surface area contributed by atoms with Crippen molar-refractivity contribution in [2.75, 3.05) is 9.80 Å². The summed E-state index contributed by atoms with van der Waals surface area (Å²) < 4.78 is 2.83. The van der Waals surface area contributed by atoms with Gasteiger partial charge < -0.3 is 9.80 Å². The zero-order chi connectivity index (χ0) is 44.4. The fourth-order valence-corrected chi connectivity index (χ4v) is 13.0. The Kier molecular flexibility index (Phi) is 8.85. The van der Waals surface area contributed by atoms with Gasteiger partial charge in [-0.1, -0.05) is 127 Å². The third kappa shape index (κ3) is 6.15. The predicted octanol–water partition coefficient (Wildman–Crippen LogP) is 14.9. The average molecular weight is 837 g/mol. The Balaban J connectivity index is 1.34. The topological polar surface area (TPSA) is 6.48 Å². The molecule has 2 aliphatic carbocycles. The van der Waals surface area contributed by atoms with Crippen LogP contribution in [0.1, 0.15) is 167 Å². The molecule has 4 heteroatoms. The largest absolute Gasteiger partial charge is 0.311 e. The van der Waals surface area contributed by atoms with Gasteiger partial charge in [-0.05, 0) is 176 Å². The molecule has 0 fully saturated rings. The Labute approximate surface area is 378 Å². The van der Waals surface area contributed by atoms with Crippen molar-refractivity contribution in [3.8, 4) is 0 Å². The van der Waals surface area contributed by atoms with E-state index in [0.717, 1.165) is 0 Å². The van der Waals surface area contributed by atoms with Gasteiger partial charge in [-0.2, -0.15) is 0 Å². The summed E-state index contributed by atoms with van der Waals surface area (Å²) in [5, 5.41) is 1.37. The highest BCUT2D eigenvalue weighted by Gasteiger charge is 2.48. The first kappa shape index (κ1) is 41.7. The van der Waals surface area contributed by atoms with Crippen molar-refractivity contribution in [1.29, 1.82) is 0 Å². The summed E-state index contributed by atoms with van der Waals surface area (Å²) in [5.41, 5.74) is 22.8. The second-order valence-corrected chi connectivity index (χ2v) is 25.7. The summed E-state index contributed by atoms with van der Waals surface area (Å²) in [5.74, 6) is 0. The smallest absolute Gasteiger partial charge is 0.264 e. The average Bonchev–Trinajstić information content (AvgIpc) is 3.56. The first-order chi connectivity index (χ1) is 28.8. The number of anilines is 6. The summed E-state index contributed by atoms with van der Waals surface area (Å²) in [4.78, 5) is 5.40. The maximum absolute atomic E-state index is 2.74. The Morgan fingerprint density at radius 2 is 1.00 bits per heavy atom. The van der Waals surface area contributed by atoms with Crippen molar-refractivity contribution >= 4 is 78.0 Å². The van der Waals surface area contributed by atoms with E-state index in [1.807, 2.05) is 11.3 Å². The molecule has 0 unspecified atom stereocenters. The molecule has 0 spiro atoms. The van der Waals surface area contributed by atoms with Gasteiger partial charge in [-0.3, -0.25) is 0 Å². The second-order valence-electron chi connectivity index (χ2n) is 24.6. The van der Waals surface area contributed by atoms with Gasteiger partial charge in [-0.25, -0.2) is 0 Å². The number of benzene rings is 5. The zero-order valence-electron chi connectivity index (χ0n) is 40.7. The lowest BCUT2D eigenvalue weighted by Crippen LogP contribution is -2.61.